The summed E-state index contributed by atoms with van der Waals surface area (Å²) in [7, 11) is 3.39. The molecule has 0 aliphatic heterocycles. The molecule has 0 spiro atoms. The number of benzene rings is 2. The Bertz CT molecular complexity index is 909. The van der Waals surface area contributed by atoms with Crippen LogP contribution in [0.15, 0.2) is 58.2 Å². The normalized spacial score (nSPS) is 10.6. The lowest BCUT2D eigenvalue weighted by molar-refractivity contribution is -0.127. The van der Waals surface area contributed by atoms with E-state index in [0.717, 1.165) is 22.4 Å². The van der Waals surface area contributed by atoms with Crippen molar-refractivity contribution in [3.8, 4) is 17.2 Å². The van der Waals surface area contributed by atoms with Crippen molar-refractivity contribution in [2.75, 3.05) is 19.9 Å². The summed E-state index contributed by atoms with van der Waals surface area (Å²) in [5, 5.41) is 8.44. The van der Waals surface area contributed by atoms with Gasteiger partial charge in [-0.25, -0.2) is 0 Å². The second kappa shape index (κ2) is 8.73. The summed E-state index contributed by atoms with van der Waals surface area (Å²) in [4.78, 5) is 14.1. The second-order valence-electron chi connectivity index (χ2n) is 6.09. The van der Waals surface area contributed by atoms with Crippen molar-refractivity contribution in [2.24, 2.45) is 0 Å². The number of rotatable bonds is 7. The van der Waals surface area contributed by atoms with Crippen molar-refractivity contribution in [3.05, 3.63) is 59.7 Å². The van der Waals surface area contributed by atoms with Crippen LogP contribution in [0.2, 0.25) is 0 Å². The molecule has 140 valence electrons. The Morgan fingerprint density at radius 1 is 1.15 bits per heavy atom. The minimum atomic E-state index is -0.0269. The largest absolute Gasteiger partial charge is 0.496 e. The van der Waals surface area contributed by atoms with Crippen LogP contribution >= 0.6 is 11.8 Å². The van der Waals surface area contributed by atoms with E-state index < -0.39 is 0 Å². The fourth-order valence-electron chi connectivity index (χ4n) is 2.49. The molecule has 1 heterocycles. The first-order valence-electron chi connectivity index (χ1n) is 8.46. The monoisotopic (exact) mass is 383 g/mol. The molecule has 27 heavy (non-hydrogen) atoms. The van der Waals surface area contributed by atoms with Gasteiger partial charge < -0.3 is 14.1 Å². The van der Waals surface area contributed by atoms with Gasteiger partial charge in [-0.3, -0.25) is 4.79 Å². The van der Waals surface area contributed by atoms with E-state index >= 15 is 0 Å². The zero-order valence-corrected chi connectivity index (χ0v) is 16.3. The number of carbonyl (C=O) groups excluding carboxylic acids is 1. The molecule has 6 nitrogen and oxygen atoms in total. The second-order valence-corrected chi connectivity index (χ2v) is 7.02. The maximum Gasteiger partial charge on any atom is 0.277 e. The fraction of sp³-hybridized carbons (Fsp3) is 0.250. The fourth-order valence-corrected chi connectivity index (χ4v) is 3.20. The first kappa shape index (κ1) is 19.0. The van der Waals surface area contributed by atoms with Crippen LogP contribution in [0.25, 0.3) is 11.5 Å². The number of amides is 1. The molecule has 0 saturated carbocycles. The molecule has 0 bridgehead atoms. The predicted octanol–water partition coefficient (Wildman–Crippen LogP) is 3.80. The Morgan fingerprint density at radius 2 is 1.89 bits per heavy atom. The highest BCUT2D eigenvalue weighted by atomic mass is 32.2. The molecular formula is C20H21N3O3S. The molecule has 3 aromatic rings. The number of thioether (sulfide) groups is 1. The maximum absolute atomic E-state index is 12.4. The minimum absolute atomic E-state index is 0.0269. The van der Waals surface area contributed by atoms with Gasteiger partial charge in [-0.05, 0) is 25.1 Å². The standard InChI is InChI=1S/C20H21N3O3S/c1-14-8-10-15(11-9-14)19-21-22-20(26-19)27-13-18(24)23(2)12-16-6-4-5-7-17(16)25-3/h4-11H,12-13H2,1-3H3. The van der Waals surface area contributed by atoms with E-state index in [4.69, 9.17) is 9.15 Å². The number of para-hydroxylation sites is 1. The van der Waals surface area contributed by atoms with Gasteiger partial charge in [0.25, 0.3) is 5.22 Å². The number of carbonyl (C=O) groups is 1. The average molecular weight is 383 g/mol. The van der Waals surface area contributed by atoms with Gasteiger partial charge >= 0.3 is 0 Å². The summed E-state index contributed by atoms with van der Waals surface area (Å²) in [6, 6.07) is 15.5. The van der Waals surface area contributed by atoms with Gasteiger partial charge in [-0.2, -0.15) is 0 Å². The lowest BCUT2D eigenvalue weighted by Crippen LogP contribution is -2.28. The molecule has 1 aromatic heterocycles. The van der Waals surface area contributed by atoms with Gasteiger partial charge in [0.2, 0.25) is 11.8 Å². The molecule has 0 aliphatic rings. The Kier molecular flexibility index (Phi) is 6.13. The van der Waals surface area contributed by atoms with Gasteiger partial charge in [0.1, 0.15) is 5.75 Å². The SMILES string of the molecule is COc1ccccc1CN(C)C(=O)CSc1nnc(-c2ccc(C)cc2)o1. The maximum atomic E-state index is 12.4. The van der Waals surface area contributed by atoms with Crippen LogP contribution in [0.5, 0.6) is 5.75 Å². The Balaban J connectivity index is 1.56. The molecule has 2 aromatic carbocycles. The van der Waals surface area contributed by atoms with E-state index in [2.05, 4.69) is 10.2 Å². The minimum Gasteiger partial charge on any atom is -0.496 e. The molecular weight excluding hydrogens is 362 g/mol. The zero-order chi connectivity index (χ0) is 19.2. The number of ether oxygens (including phenoxy) is 1. The van der Waals surface area contributed by atoms with Crippen LogP contribution in [0, 0.1) is 6.92 Å². The summed E-state index contributed by atoms with van der Waals surface area (Å²) in [6.45, 7) is 2.49. The third-order valence-electron chi connectivity index (χ3n) is 4.05. The topological polar surface area (TPSA) is 68.5 Å². The third kappa shape index (κ3) is 4.89. The molecule has 7 heteroatoms. The average Bonchev–Trinajstić information content (AvgIpc) is 3.16. The Morgan fingerprint density at radius 3 is 2.63 bits per heavy atom. The van der Waals surface area contributed by atoms with Crippen LogP contribution in [0.1, 0.15) is 11.1 Å². The molecule has 1 amide bonds. The summed E-state index contributed by atoms with van der Waals surface area (Å²) in [5.74, 6) is 1.42. The van der Waals surface area contributed by atoms with Crippen LogP contribution in [-0.2, 0) is 11.3 Å². The third-order valence-corrected chi connectivity index (χ3v) is 4.85. The first-order chi connectivity index (χ1) is 13.1. The number of aromatic nitrogens is 2. The highest BCUT2D eigenvalue weighted by Gasteiger charge is 2.15. The lowest BCUT2D eigenvalue weighted by Gasteiger charge is -2.18. The lowest BCUT2D eigenvalue weighted by atomic mass is 10.1. The van der Waals surface area contributed by atoms with Crippen molar-refractivity contribution in [2.45, 2.75) is 18.7 Å². The number of aryl methyl sites for hydroxylation is 1. The van der Waals surface area contributed by atoms with Gasteiger partial charge in [0.05, 0.1) is 12.9 Å². The number of hydrogen-bond donors (Lipinski definition) is 0. The van der Waals surface area contributed by atoms with E-state index in [9.17, 15) is 4.79 Å². The van der Waals surface area contributed by atoms with E-state index in [1.807, 2.05) is 55.5 Å². The molecule has 0 atom stereocenters. The molecule has 0 saturated heterocycles. The molecule has 0 radical (unpaired) electrons. The van der Waals surface area contributed by atoms with Crippen LogP contribution in [0.3, 0.4) is 0 Å². The molecule has 0 aliphatic carbocycles. The van der Waals surface area contributed by atoms with Crippen LogP contribution < -0.4 is 4.74 Å². The molecule has 3 rings (SSSR count). The Labute approximate surface area is 162 Å². The summed E-state index contributed by atoms with van der Waals surface area (Å²) >= 11 is 1.23. The van der Waals surface area contributed by atoms with Gasteiger partial charge in [0.15, 0.2) is 0 Å². The number of methoxy groups -OCH3 is 1. The van der Waals surface area contributed by atoms with Gasteiger partial charge in [-0.1, -0.05) is 47.7 Å². The highest BCUT2D eigenvalue weighted by Crippen LogP contribution is 2.24. The molecule has 0 unspecified atom stereocenters. The van der Waals surface area contributed by atoms with Crippen LogP contribution in [0.4, 0.5) is 0 Å². The van der Waals surface area contributed by atoms with E-state index in [1.54, 1.807) is 19.1 Å². The van der Waals surface area contributed by atoms with Crippen molar-refractivity contribution < 1.29 is 13.9 Å². The van der Waals surface area contributed by atoms with E-state index in [1.165, 1.54) is 11.8 Å². The first-order valence-corrected chi connectivity index (χ1v) is 9.44. The van der Waals surface area contributed by atoms with E-state index in [0.29, 0.717) is 17.7 Å². The molecule has 0 N–H and O–H groups in total. The number of hydrogen-bond acceptors (Lipinski definition) is 6. The summed E-state index contributed by atoms with van der Waals surface area (Å²) in [5.41, 5.74) is 2.98. The Hall–Kier alpha value is -2.80. The molecule has 0 fully saturated rings. The van der Waals surface area contributed by atoms with Gasteiger partial charge in [-0.15, -0.1) is 10.2 Å². The summed E-state index contributed by atoms with van der Waals surface area (Å²) in [6.07, 6.45) is 0. The summed E-state index contributed by atoms with van der Waals surface area (Å²) < 4.78 is 11.0. The highest BCUT2D eigenvalue weighted by molar-refractivity contribution is 7.99. The van der Waals surface area contributed by atoms with Crippen molar-refractivity contribution in [1.29, 1.82) is 0 Å². The van der Waals surface area contributed by atoms with E-state index in [-0.39, 0.29) is 11.7 Å². The smallest absolute Gasteiger partial charge is 0.277 e. The van der Waals surface area contributed by atoms with Gasteiger partial charge in [0, 0.05) is 24.7 Å². The zero-order valence-electron chi connectivity index (χ0n) is 15.5. The quantitative estimate of drug-likeness (QED) is 0.578. The van der Waals surface area contributed by atoms with Crippen molar-refractivity contribution in [1.82, 2.24) is 15.1 Å². The van der Waals surface area contributed by atoms with Crippen molar-refractivity contribution >= 4 is 17.7 Å². The van der Waals surface area contributed by atoms with Crippen molar-refractivity contribution in [3.63, 3.8) is 0 Å². The van der Waals surface area contributed by atoms with Crippen LogP contribution in [-0.4, -0.2) is 40.9 Å². The number of nitrogens with zero attached hydrogens (tertiary/aromatic N) is 3. The predicted molar refractivity (Wildman–Crippen MR) is 105 cm³/mol.